The number of ether oxygens (including phenoxy) is 1. The number of halogens is 2. The number of carbonyl (C=O) groups excluding carboxylic acids is 3. The molecule has 154 valence electrons. The van der Waals surface area contributed by atoms with Gasteiger partial charge in [-0.3, -0.25) is 14.4 Å². The van der Waals surface area contributed by atoms with Crippen molar-refractivity contribution in [3.63, 3.8) is 0 Å². The fourth-order valence-corrected chi connectivity index (χ4v) is 5.50. The Labute approximate surface area is 192 Å². The molecule has 5 rings (SSSR count). The van der Waals surface area contributed by atoms with E-state index in [4.69, 9.17) is 16.3 Å². The number of carbonyl (C=O) groups is 3. The van der Waals surface area contributed by atoms with Crippen LogP contribution in [0.3, 0.4) is 0 Å². The van der Waals surface area contributed by atoms with Gasteiger partial charge in [0.25, 0.3) is 0 Å². The van der Waals surface area contributed by atoms with Crippen molar-refractivity contribution in [2.75, 3.05) is 0 Å². The van der Waals surface area contributed by atoms with Crippen LogP contribution in [0.1, 0.15) is 39.1 Å². The maximum absolute atomic E-state index is 13.8. The van der Waals surface area contributed by atoms with Crippen molar-refractivity contribution in [3.8, 4) is 5.75 Å². The van der Waals surface area contributed by atoms with Crippen LogP contribution in [-0.2, 0) is 4.79 Å². The van der Waals surface area contributed by atoms with Gasteiger partial charge < -0.3 is 4.74 Å². The zero-order valence-corrected chi connectivity index (χ0v) is 18.7. The molecule has 0 amide bonds. The van der Waals surface area contributed by atoms with Gasteiger partial charge in [0, 0.05) is 32.1 Å². The Balaban J connectivity index is 1.73. The molecule has 3 atom stereocenters. The number of fused-ring (bicyclic) bond motifs is 3. The molecule has 1 aliphatic heterocycles. The molecule has 31 heavy (non-hydrogen) atoms. The molecule has 3 unspecified atom stereocenters. The second kappa shape index (κ2) is 6.87. The molecule has 2 aliphatic rings. The smallest absolute Gasteiger partial charge is 0.327 e. The molecule has 0 bridgehead atoms. The van der Waals surface area contributed by atoms with E-state index in [0.29, 0.717) is 27.5 Å². The third-order valence-electron chi connectivity index (χ3n) is 6.53. The van der Waals surface area contributed by atoms with Gasteiger partial charge in [-0.15, -0.1) is 0 Å². The van der Waals surface area contributed by atoms with E-state index in [0.717, 1.165) is 4.47 Å². The molecule has 0 N–H and O–H groups in total. The average Bonchev–Trinajstić information content (AvgIpc) is 3.37. The lowest BCUT2D eigenvalue weighted by molar-refractivity contribution is -0.140. The summed E-state index contributed by atoms with van der Waals surface area (Å²) >= 11 is 9.44. The fraction of sp³-hybridized carbons (Fsp3) is 0.160. The first-order chi connectivity index (χ1) is 14.8. The van der Waals surface area contributed by atoms with Crippen LogP contribution in [0.2, 0.25) is 5.02 Å². The molecule has 6 heteroatoms. The SMILES string of the molecule is CC1(C(=O)c2ccc(Cl)cc2)C2c3cc(Br)ccc3OC(=O)C21C(=O)c1ccccc1. The van der Waals surface area contributed by atoms with Crippen LogP contribution in [0.15, 0.2) is 77.3 Å². The summed E-state index contributed by atoms with van der Waals surface area (Å²) in [7, 11) is 0. The Morgan fingerprint density at radius 1 is 0.935 bits per heavy atom. The number of benzene rings is 3. The second-order valence-corrected chi connectivity index (χ2v) is 9.40. The maximum Gasteiger partial charge on any atom is 0.327 e. The molecule has 3 aromatic rings. The molecule has 0 spiro atoms. The van der Waals surface area contributed by atoms with Crippen molar-refractivity contribution in [2.45, 2.75) is 12.8 Å². The highest BCUT2D eigenvalue weighted by Crippen LogP contribution is 2.79. The zero-order valence-electron chi connectivity index (χ0n) is 16.4. The van der Waals surface area contributed by atoms with Gasteiger partial charge in [0.05, 0.1) is 5.41 Å². The van der Waals surface area contributed by atoms with E-state index in [1.165, 1.54) is 0 Å². The van der Waals surface area contributed by atoms with Crippen molar-refractivity contribution < 1.29 is 19.1 Å². The Morgan fingerprint density at radius 2 is 1.58 bits per heavy atom. The van der Waals surface area contributed by atoms with Gasteiger partial charge in [0.1, 0.15) is 5.75 Å². The quantitative estimate of drug-likeness (QED) is 0.196. The summed E-state index contributed by atoms with van der Waals surface area (Å²) in [6.45, 7) is 1.69. The van der Waals surface area contributed by atoms with Crippen LogP contribution < -0.4 is 4.74 Å². The number of hydrogen-bond donors (Lipinski definition) is 0. The fourth-order valence-electron chi connectivity index (χ4n) is 5.00. The van der Waals surface area contributed by atoms with E-state index >= 15 is 0 Å². The van der Waals surface area contributed by atoms with Crippen molar-refractivity contribution in [1.29, 1.82) is 0 Å². The van der Waals surface area contributed by atoms with Gasteiger partial charge in [-0.05, 0) is 42.5 Å². The first-order valence-electron chi connectivity index (χ1n) is 9.73. The van der Waals surface area contributed by atoms with E-state index in [-0.39, 0.29) is 5.78 Å². The summed E-state index contributed by atoms with van der Waals surface area (Å²) < 4.78 is 6.41. The van der Waals surface area contributed by atoms with Gasteiger partial charge in [-0.2, -0.15) is 0 Å². The van der Waals surface area contributed by atoms with Crippen LogP contribution >= 0.6 is 27.5 Å². The lowest BCUT2D eigenvalue weighted by Crippen LogP contribution is -2.39. The van der Waals surface area contributed by atoms with Crippen molar-refractivity contribution >= 4 is 45.1 Å². The Morgan fingerprint density at radius 3 is 2.26 bits per heavy atom. The molecule has 1 fully saturated rings. The maximum atomic E-state index is 13.8. The summed E-state index contributed by atoms with van der Waals surface area (Å²) in [5, 5.41) is 0.499. The second-order valence-electron chi connectivity index (χ2n) is 8.05. The largest absolute Gasteiger partial charge is 0.425 e. The van der Waals surface area contributed by atoms with Gasteiger partial charge in [0.15, 0.2) is 17.0 Å². The summed E-state index contributed by atoms with van der Waals surface area (Å²) in [6, 6.07) is 20.3. The van der Waals surface area contributed by atoms with Crippen molar-refractivity contribution in [1.82, 2.24) is 0 Å². The number of rotatable bonds is 4. The lowest BCUT2D eigenvalue weighted by Gasteiger charge is -2.23. The molecule has 0 saturated heterocycles. The van der Waals surface area contributed by atoms with E-state index in [9.17, 15) is 14.4 Å². The van der Waals surface area contributed by atoms with Crippen molar-refractivity contribution in [2.24, 2.45) is 10.8 Å². The molecule has 3 aromatic carbocycles. The molecular weight excluding hydrogens is 480 g/mol. The minimum atomic E-state index is -1.63. The van der Waals surface area contributed by atoms with E-state index in [1.807, 2.05) is 6.07 Å². The molecule has 0 radical (unpaired) electrons. The van der Waals surface area contributed by atoms with E-state index < -0.39 is 28.5 Å². The molecular formula is C25H16BrClO4. The summed E-state index contributed by atoms with van der Waals surface area (Å²) in [6.07, 6.45) is 0. The van der Waals surface area contributed by atoms with Gasteiger partial charge in [-0.1, -0.05) is 64.8 Å². The highest BCUT2D eigenvalue weighted by Gasteiger charge is 2.87. The predicted octanol–water partition coefficient (Wildman–Crippen LogP) is 5.88. The average molecular weight is 496 g/mol. The Kier molecular flexibility index (Phi) is 4.47. The summed E-state index contributed by atoms with van der Waals surface area (Å²) in [5.74, 6) is -1.64. The van der Waals surface area contributed by atoms with E-state index in [1.54, 1.807) is 73.7 Å². The van der Waals surface area contributed by atoms with Gasteiger partial charge >= 0.3 is 5.97 Å². The van der Waals surface area contributed by atoms with Crippen LogP contribution in [0, 0.1) is 10.8 Å². The number of ketones is 2. The third-order valence-corrected chi connectivity index (χ3v) is 7.27. The van der Waals surface area contributed by atoms with Gasteiger partial charge in [-0.25, -0.2) is 0 Å². The molecule has 1 saturated carbocycles. The van der Waals surface area contributed by atoms with Crippen LogP contribution in [-0.4, -0.2) is 17.5 Å². The monoisotopic (exact) mass is 494 g/mol. The Hall–Kier alpha value is -2.76. The zero-order chi connectivity index (χ0) is 22.0. The Bertz CT molecular complexity index is 1250. The molecule has 1 heterocycles. The predicted molar refractivity (Wildman–Crippen MR) is 120 cm³/mol. The number of hydrogen-bond acceptors (Lipinski definition) is 4. The highest BCUT2D eigenvalue weighted by atomic mass is 79.9. The molecule has 4 nitrogen and oxygen atoms in total. The highest BCUT2D eigenvalue weighted by molar-refractivity contribution is 9.10. The molecule has 1 aliphatic carbocycles. The van der Waals surface area contributed by atoms with Gasteiger partial charge in [0.2, 0.25) is 0 Å². The number of Topliss-reactive ketones (excluding diaryl/α,β-unsaturated/α-hetero) is 2. The van der Waals surface area contributed by atoms with E-state index in [2.05, 4.69) is 15.9 Å². The van der Waals surface area contributed by atoms with Crippen LogP contribution in [0.25, 0.3) is 0 Å². The topological polar surface area (TPSA) is 60.4 Å². The van der Waals surface area contributed by atoms with Crippen LogP contribution in [0.4, 0.5) is 0 Å². The van der Waals surface area contributed by atoms with Crippen molar-refractivity contribution in [3.05, 3.63) is 99.0 Å². The summed E-state index contributed by atoms with van der Waals surface area (Å²) in [5.41, 5.74) is -1.49. The first-order valence-corrected chi connectivity index (χ1v) is 10.9. The van der Waals surface area contributed by atoms with Crippen LogP contribution in [0.5, 0.6) is 5.75 Å². The molecule has 0 aromatic heterocycles. The summed E-state index contributed by atoms with van der Waals surface area (Å²) in [4.78, 5) is 41.0. The standard InChI is InChI=1S/C25H16BrClO4/c1-24(21(28)15-7-10-17(27)11-8-15)20-18-13-16(26)9-12-19(18)31-23(30)25(20,24)22(29)14-5-3-2-4-6-14/h2-13,20H,1H3. The minimum Gasteiger partial charge on any atom is -0.425 e. The lowest BCUT2D eigenvalue weighted by atomic mass is 9.82. The number of esters is 1. The first kappa shape index (κ1) is 20.2. The normalized spacial score (nSPS) is 25.8. The minimum absolute atomic E-state index is 0.289. The third kappa shape index (κ3) is 2.63.